The predicted octanol–water partition coefficient (Wildman–Crippen LogP) is 1.87. The third-order valence-corrected chi connectivity index (χ3v) is 1.81. The van der Waals surface area contributed by atoms with E-state index in [0.717, 1.165) is 0 Å². The molecule has 0 unspecified atom stereocenters. The van der Waals surface area contributed by atoms with Gasteiger partial charge in [-0.1, -0.05) is 0 Å². The Balaban J connectivity index is 0.000000461. The average Bonchev–Trinajstić information content (AvgIpc) is 2.10. The first-order valence-corrected chi connectivity index (χ1v) is 3.69. The second kappa shape index (κ2) is 3.60. The predicted molar refractivity (Wildman–Crippen MR) is 50.4 cm³/mol. The molecule has 0 atom stereocenters. The van der Waals surface area contributed by atoms with E-state index < -0.39 is 9.85 Å². The van der Waals surface area contributed by atoms with Crippen molar-refractivity contribution in [2.24, 2.45) is 0 Å². The van der Waals surface area contributed by atoms with Crippen LogP contribution in [-0.2, 0) is 0 Å². The third kappa shape index (κ3) is 1.20. The fourth-order valence-corrected chi connectivity index (χ4v) is 1.23. The van der Waals surface area contributed by atoms with Crippen molar-refractivity contribution < 1.29 is 14.4 Å². The van der Waals surface area contributed by atoms with Gasteiger partial charge in [-0.25, -0.2) is 0 Å². The van der Waals surface area contributed by atoms with Crippen molar-refractivity contribution in [1.82, 2.24) is 0 Å². The van der Waals surface area contributed by atoms with Gasteiger partial charge in [0.15, 0.2) is 0 Å². The number of rotatable bonds is 2. The number of nitro benzene ring substituents is 2. The average molecular weight is 216 g/mol. The highest BCUT2D eigenvalue weighted by Crippen LogP contribution is 2.53. The second-order valence-electron chi connectivity index (χ2n) is 2.37. The molecular formula is C6H4N2O5S. The van der Waals surface area contributed by atoms with Crippen LogP contribution in [-0.4, -0.2) is 14.4 Å². The number of nitrogens with zero attached hydrogens (tertiary/aromatic N) is 2. The molecule has 0 spiro atoms. The Hall–Kier alpha value is -1.67. The lowest BCUT2D eigenvalue weighted by atomic mass is 9.88. The molecule has 0 amide bonds. The number of benzene rings is 1. The molecule has 0 saturated carbocycles. The standard InChI is InChI=1S/C6H2N2O4.H2OS/c9-7(10)5-3-1-2-4(3)6(5)8(11)12;1-2/h1-2H;1-2H. The van der Waals surface area contributed by atoms with E-state index in [-0.39, 0.29) is 11.4 Å². The summed E-state index contributed by atoms with van der Waals surface area (Å²) in [7, 11) is 0. The molecule has 0 radical (unpaired) electrons. The number of thiol groups is 1. The molecule has 0 fully saturated rings. The Bertz CT molecular complexity index is 380. The van der Waals surface area contributed by atoms with E-state index in [9.17, 15) is 20.2 Å². The summed E-state index contributed by atoms with van der Waals surface area (Å²) in [6, 6.07) is 3.00. The van der Waals surface area contributed by atoms with Crippen LogP contribution in [0.5, 0.6) is 0 Å². The van der Waals surface area contributed by atoms with Gasteiger partial charge >= 0.3 is 11.4 Å². The van der Waals surface area contributed by atoms with Gasteiger partial charge in [-0.3, -0.25) is 20.2 Å². The number of fused-ring (bicyclic) bond motifs is 1. The molecule has 0 heterocycles. The summed E-state index contributed by atoms with van der Waals surface area (Å²) >= 11 is 2.53. The maximum atomic E-state index is 10.3. The molecule has 2 aliphatic rings. The monoisotopic (exact) mass is 216 g/mol. The molecule has 2 aliphatic carbocycles. The zero-order chi connectivity index (χ0) is 10.9. The first kappa shape index (κ1) is 10.4. The van der Waals surface area contributed by atoms with Gasteiger partial charge in [-0.05, 0) is 25.0 Å². The van der Waals surface area contributed by atoms with Crippen molar-refractivity contribution in [3.63, 3.8) is 0 Å². The molecule has 0 bridgehead atoms. The van der Waals surface area contributed by atoms with Gasteiger partial charge in [0.05, 0.1) is 21.0 Å². The first-order chi connectivity index (χ1) is 6.63. The fourth-order valence-electron chi connectivity index (χ4n) is 1.23. The van der Waals surface area contributed by atoms with Crippen LogP contribution in [0.3, 0.4) is 0 Å². The van der Waals surface area contributed by atoms with Crippen LogP contribution in [0, 0.1) is 20.2 Å². The minimum atomic E-state index is -0.722. The van der Waals surface area contributed by atoms with Crippen LogP contribution in [0.4, 0.5) is 11.4 Å². The highest BCUT2D eigenvalue weighted by molar-refractivity contribution is 7.74. The Labute approximate surface area is 82.9 Å². The van der Waals surface area contributed by atoms with Crippen LogP contribution < -0.4 is 0 Å². The third-order valence-electron chi connectivity index (χ3n) is 1.81. The van der Waals surface area contributed by atoms with Gasteiger partial charge in [0.1, 0.15) is 0 Å². The van der Waals surface area contributed by atoms with Gasteiger partial charge in [-0.2, -0.15) is 0 Å². The summed E-state index contributed by atoms with van der Waals surface area (Å²) in [5.74, 6) is 0. The zero-order valence-corrected chi connectivity index (χ0v) is 7.47. The lowest BCUT2D eigenvalue weighted by molar-refractivity contribution is -0.424. The van der Waals surface area contributed by atoms with E-state index in [4.69, 9.17) is 4.55 Å². The van der Waals surface area contributed by atoms with Gasteiger partial charge in [0.25, 0.3) is 0 Å². The topological polar surface area (TPSA) is 107 Å². The van der Waals surface area contributed by atoms with Gasteiger partial charge in [-0.15, -0.1) is 0 Å². The molecule has 0 aliphatic heterocycles. The Kier molecular flexibility index (Phi) is 2.68. The molecule has 0 aromatic heterocycles. The van der Waals surface area contributed by atoms with E-state index in [1.165, 1.54) is 12.1 Å². The van der Waals surface area contributed by atoms with E-state index in [1.807, 2.05) is 0 Å². The van der Waals surface area contributed by atoms with Crippen LogP contribution >= 0.6 is 12.9 Å². The van der Waals surface area contributed by atoms with Crippen molar-refractivity contribution in [3.05, 3.63) is 32.4 Å². The van der Waals surface area contributed by atoms with Gasteiger partial charge < -0.3 is 4.55 Å². The summed E-state index contributed by atoms with van der Waals surface area (Å²) in [6.07, 6.45) is 0. The minimum absolute atomic E-state index is 0.363. The summed E-state index contributed by atoms with van der Waals surface area (Å²) < 4.78 is 6.69. The Morgan fingerprint density at radius 3 is 1.43 bits per heavy atom. The molecule has 7 nitrogen and oxygen atoms in total. The van der Waals surface area contributed by atoms with E-state index >= 15 is 0 Å². The molecule has 0 aromatic rings. The highest BCUT2D eigenvalue weighted by atomic mass is 32.1. The lowest BCUT2D eigenvalue weighted by Crippen LogP contribution is -2.08. The summed E-state index contributed by atoms with van der Waals surface area (Å²) in [4.78, 5) is 19.1. The summed E-state index contributed by atoms with van der Waals surface area (Å²) in [5.41, 5.74) is 0.0633. The molecular weight excluding hydrogens is 212 g/mol. The number of hydrogen-bond donors (Lipinski definition) is 2. The smallest absolute Gasteiger partial charge is 0.333 e. The van der Waals surface area contributed by atoms with Crippen molar-refractivity contribution >= 4 is 24.3 Å². The van der Waals surface area contributed by atoms with E-state index in [0.29, 0.717) is 11.1 Å². The quantitative estimate of drug-likeness (QED) is 0.345. The highest BCUT2D eigenvalue weighted by Gasteiger charge is 2.43. The van der Waals surface area contributed by atoms with Crippen LogP contribution in [0.2, 0.25) is 0 Å². The van der Waals surface area contributed by atoms with Crippen molar-refractivity contribution in [1.29, 1.82) is 0 Å². The van der Waals surface area contributed by atoms with Crippen LogP contribution in [0.15, 0.2) is 12.1 Å². The van der Waals surface area contributed by atoms with E-state index in [2.05, 4.69) is 12.9 Å². The van der Waals surface area contributed by atoms with E-state index in [1.54, 1.807) is 0 Å². The van der Waals surface area contributed by atoms with Crippen molar-refractivity contribution in [2.45, 2.75) is 0 Å². The van der Waals surface area contributed by atoms with Crippen molar-refractivity contribution in [3.8, 4) is 11.1 Å². The minimum Gasteiger partial charge on any atom is -0.333 e. The molecule has 0 aromatic carbocycles. The molecule has 1 N–H and O–H groups in total. The number of hydrogen-bond acceptors (Lipinski definition) is 6. The lowest BCUT2D eigenvalue weighted by Gasteiger charge is -2.14. The molecule has 14 heavy (non-hydrogen) atoms. The van der Waals surface area contributed by atoms with Crippen LogP contribution in [0.1, 0.15) is 0 Å². The summed E-state index contributed by atoms with van der Waals surface area (Å²) in [6.45, 7) is 0. The van der Waals surface area contributed by atoms with Crippen molar-refractivity contribution in [2.75, 3.05) is 0 Å². The second-order valence-corrected chi connectivity index (χ2v) is 2.37. The maximum absolute atomic E-state index is 10.3. The van der Waals surface area contributed by atoms with Gasteiger partial charge in [0.2, 0.25) is 0 Å². The Morgan fingerprint density at radius 1 is 1.00 bits per heavy atom. The largest absolute Gasteiger partial charge is 0.354 e. The maximum Gasteiger partial charge on any atom is 0.354 e. The normalized spacial score (nSPS) is 9.86. The molecule has 0 saturated heterocycles. The first-order valence-electron chi connectivity index (χ1n) is 3.29. The fraction of sp³-hybridized carbons (Fsp3) is 0. The zero-order valence-electron chi connectivity index (χ0n) is 6.58. The Morgan fingerprint density at radius 2 is 1.29 bits per heavy atom. The number of nitro groups is 2. The molecule has 8 heteroatoms. The van der Waals surface area contributed by atoms with Crippen LogP contribution in [0.25, 0.3) is 11.1 Å². The SMILES string of the molecule is O=[N+]([O-])c1c2ccc-2c1[N+](=O)[O-].OS. The molecule has 2 rings (SSSR count). The molecule has 74 valence electrons. The van der Waals surface area contributed by atoms with Gasteiger partial charge in [0, 0.05) is 0 Å². The summed E-state index contributed by atoms with van der Waals surface area (Å²) in [5, 5.41) is 20.5.